The predicted molar refractivity (Wildman–Crippen MR) is 71.9 cm³/mol. The van der Waals surface area contributed by atoms with Gasteiger partial charge in [-0.2, -0.15) is 0 Å². The molecule has 0 radical (unpaired) electrons. The topological polar surface area (TPSA) is 66.8 Å². The summed E-state index contributed by atoms with van der Waals surface area (Å²) in [6.07, 6.45) is 1.64. The van der Waals surface area contributed by atoms with Crippen LogP contribution in [-0.2, 0) is 14.3 Å². The molecule has 0 aromatic carbocycles. The Morgan fingerprint density at radius 2 is 1.84 bits per heavy atom. The fraction of sp³-hybridized carbons (Fsp3) is 0.857. The van der Waals surface area contributed by atoms with E-state index in [0.29, 0.717) is 6.54 Å². The standard InChI is InChI=1S/C14H25NO4/c1-13(2,3)19-11(16)10-7-6-8-15(10)9-14(4,5)12(17)18/h10H,6-9H2,1-5H3,(H,17,18)/t10-/m0/s1. The SMILES string of the molecule is CC(C)(C)OC(=O)[C@@H]1CCCN1CC(C)(C)C(=O)O. The molecule has 1 rings (SSSR count). The van der Waals surface area contributed by atoms with Gasteiger partial charge in [-0.1, -0.05) is 0 Å². The Labute approximate surface area is 114 Å². The number of aliphatic carboxylic acids is 1. The van der Waals surface area contributed by atoms with Crippen molar-refractivity contribution >= 4 is 11.9 Å². The van der Waals surface area contributed by atoms with Gasteiger partial charge in [-0.3, -0.25) is 14.5 Å². The number of carbonyl (C=O) groups is 2. The van der Waals surface area contributed by atoms with Gasteiger partial charge < -0.3 is 9.84 Å². The summed E-state index contributed by atoms with van der Waals surface area (Å²) in [6.45, 7) is 9.99. The van der Waals surface area contributed by atoms with Crippen molar-refractivity contribution in [2.24, 2.45) is 5.41 Å². The molecule has 1 heterocycles. The second kappa shape index (κ2) is 5.49. The van der Waals surface area contributed by atoms with Crippen LogP contribution in [0.3, 0.4) is 0 Å². The summed E-state index contributed by atoms with van der Waals surface area (Å²) in [5.41, 5.74) is -1.36. The number of carbonyl (C=O) groups excluding carboxylic acids is 1. The molecule has 0 aromatic heterocycles. The lowest BCUT2D eigenvalue weighted by Gasteiger charge is -2.31. The molecule has 5 heteroatoms. The van der Waals surface area contributed by atoms with E-state index >= 15 is 0 Å². The highest BCUT2D eigenvalue weighted by Gasteiger charge is 2.39. The van der Waals surface area contributed by atoms with E-state index in [1.165, 1.54) is 0 Å². The molecule has 0 bridgehead atoms. The smallest absolute Gasteiger partial charge is 0.323 e. The van der Waals surface area contributed by atoms with Gasteiger partial charge in [-0.05, 0) is 54.0 Å². The Morgan fingerprint density at radius 1 is 1.26 bits per heavy atom. The van der Waals surface area contributed by atoms with Crippen molar-refractivity contribution in [3.63, 3.8) is 0 Å². The van der Waals surface area contributed by atoms with Crippen LogP contribution in [0, 0.1) is 5.41 Å². The maximum absolute atomic E-state index is 12.1. The summed E-state index contributed by atoms with van der Waals surface area (Å²) in [4.78, 5) is 25.2. The maximum atomic E-state index is 12.1. The highest BCUT2D eigenvalue weighted by molar-refractivity contribution is 5.77. The van der Waals surface area contributed by atoms with Crippen molar-refractivity contribution in [1.29, 1.82) is 0 Å². The first-order valence-corrected chi connectivity index (χ1v) is 6.73. The minimum absolute atomic E-state index is 0.244. The molecule has 5 nitrogen and oxygen atoms in total. The number of rotatable bonds is 4. The van der Waals surface area contributed by atoms with Crippen molar-refractivity contribution in [3.05, 3.63) is 0 Å². The Hall–Kier alpha value is -1.10. The number of hydrogen-bond donors (Lipinski definition) is 1. The van der Waals surface area contributed by atoms with Crippen LogP contribution >= 0.6 is 0 Å². The van der Waals surface area contributed by atoms with Crippen molar-refractivity contribution in [3.8, 4) is 0 Å². The zero-order valence-corrected chi connectivity index (χ0v) is 12.5. The minimum Gasteiger partial charge on any atom is -0.481 e. The van der Waals surface area contributed by atoms with Crippen molar-refractivity contribution < 1.29 is 19.4 Å². The van der Waals surface area contributed by atoms with Gasteiger partial charge in [0.25, 0.3) is 0 Å². The van der Waals surface area contributed by atoms with Gasteiger partial charge in [0.15, 0.2) is 0 Å². The van der Waals surface area contributed by atoms with E-state index in [9.17, 15) is 14.7 Å². The average Bonchev–Trinajstić information content (AvgIpc) is 2.61. The molecule has 1 aliphatic rings. The van der Waals surface area contributed by atoms with Crippen LogP contribution < -0.4 is 0 Å². The number of nitrogens with zero attached hydrogens (tertiary/aromatic N) is 1. The van der Waals surface area contributed by atoms with Crippen molar-refractivity contribution in [2.75, 3.05) is 13.1 Å². The second-order valence-corrected chi connectivity index (χ2v) is 6.85. The average molecular weight is 271 g/mol. The molecule has 1 saturated heterocycles. The first-order valence-electron chi connectivity index (χ1n) is 6.73. The molecular formula is C14H25NO4. The van der Waals surface area contributed by atoms with E-state index in [0.717, 1.165) is 19.4 Å². The van der Waals surface area contributed by atoms with Gasteiger partial charge in [0.05, 0.1) is 5.41 Å². The molecule has 0 amide bonds. The fourth-order valence-electron chi connectivity index (χ4n) is 2.23. The molecule has 19 heavy (non-hydrogen) atoms. The summed E-state index contributed by atoms with van der Waals surface area (Å²) in [5, 5.41) is 9.17. The highest BCUT2D eigenvalue weighted by Crippen LogP contribution is 2.26. The Bertz CT molecular complexity index is 357. The summed E-state index contributed by atoms with van der Waals surface area (Å²) in [7, 11) is 0. The minimum atomic E-state index is -0.857. The summed E-state index contributed by atoms with van der Waals surface area (Å²) < 4.78 is 5.40. The van der Waals surface area contributed by atoms with E-state index in [4.69, 9.17) is 4.74 Å². The molecule has 1 N–H and O–H groups in total. The Kier molecular flexibility index (Phi) is 4.61. The Balaban J connectivity index is 2.69. The molecule has 1 atom stereocenters. The number of esters is 1. The molecule has 0 spiro atoms. The summed E-state index contributed by atoms with van der Waals surface area (Å²) >= 11 is 0. The number of carboxylic acid groups (broad SMARTS) is 1. The number of ether oxygens (including phenoxy) is 1. The number of hydrogen-bond acceptors (Lipinski definition) is 4. The summed E-state index contributed by atoms with van der Waals surface area (Å²) in [6, 6.07) is -0.308. The van der Waals surface area contributed by atoms with E-state index in [1.807, 2.05) is 25.7 Å². The van der Waals surface area contributed by atoms with Crippen LogP contribution in [0.5, 0.6) is 0 Å². The van der Waals surface area contributed by atoms with Gasteiger partial charge in [0.1, 0.15) is 11.6 Å². The van der Waals surface area contributed by atoms with Crippen molar-refractivity contribution in [2.45, 2.75) is 59.1 Å². The third kappa shape index (κ3) is 4.49. The van der Waals surface area contributed by atoms with Gasteiger partial charge in [-0.25, -0.2) is 0 Å². The van der Waals surface area contributed by atoms with Gasteiger partial charge >= 0.3 is 11.9 Å². The molecule has 0 saturated carbocycles. The van der Waals surface area contributed by atoms with Gasteiger partial charge in [0.2, 0.25) is 0 Å². The Morgan fingerprint density at radius 3 is 2.32 bits per heavy atom. The third-order valence-corrected chi connectivity index (χ3v) is 3.22. The normalized spacial score (nSPS) is 21.4. The predicted octanol–water partition coefficient (Wildman–Crippen LogP) is 1.90. The fourth-order valence-corrected chi connectivity index (χ4v) is 2.23. The lowest BCUT2D eigenvalue weighted by Crippen LogP contribution is -2.46. The molecule has 0 aliphatic carbocycles. The largest absolute Gasteiger partial charge is 0.481 e. The highest BCUT2D eigenvalue weighted by atomic mass is 16.6. The molecule has 1 fully saturated rings. The third-order valence-electron chi connectivity index (χ3n) is 3.22. The first-order chi connectivity index (χ1) is 8.53. The van der Waals surface area contributed by atoms with E-state index in [1.54, 1.807) is 13.8 Å². The molecule has 1 aliphatic heterocycles. The van der Waals surface area contributed by atoms with E-state index < -0.39 is 17.0 Å². The summed E-state index contributed by atoms with van der Waals surface area (Å²) in [5.74, 6) is -1.09. The lowest BCUT2D eigenvalue weighted by atomic mass is 9.93. The van der Waals surface area contributed by atoms with Crippen LogP contribution in [0.1, 0.15) is 47.5 Å². The van der Waals surface area contributed by atoms with E-state index in [2.05, 4.69) is 0 Å². The van der Waals surface area contributed by atoms with Gasteiger partial charge in [0, 0.05) is 6.54 Å². The lowest BCUT2D eigenvalue weighted by molar-refractivity contribution is -0.162. The van der Waals surface area contributed by atoms with Crippen LogP contribution in [0.15, 0.2) is 0 Å². The number of carboxylic acids is 1. The first kappa shape index (κ1) is 16.0. The monoisotopic (exact) mass is 271 g/mol. The van der Waals surface area contributed by atoms with Crippen LogP contribution in [0.2, 0.25) is 0 Å². The maximum Gasteiger partial charge on any atom is 0.323 e. The second-order valence-electron chi connectivity index (χ2n) is 6.85. The number of likely N-dealkylation sites (tertiary alicyclic amines) is 1. The van der Waals surface area contributed by atoms with Crippen LogP contribution in [0.4, 0.5) is 0 Å². The molecule has 110 valence electrons. The zero-order chi connectivity index (χ0) is 14.8. The van der Waals surface area contributed by atoms with Crippen LogP contribution in [-0.4, -0.2) is 46.7 Å². The molecular weight excluding hydrogens is 246 g/mol. The van der Waals surface area contributed by atoms with Crippen LogP contribution in [0.25, 0.3) is 0 Å². The van der Waals surface area contributed by atoms with E-state index in [-0.39, 0.29) is 12.0 Å². The molecule has 0 aromatic rings. The quantitative estimate of drug-likeness (QED) is 0.791. The van der Waals surface area contributed by atoms with Crippen molar-refractivity contribution in [1.82, 2.24) is 4.90 Å². The molecule has 0 unspecified atom stereocenters. The zero-order valence-electron chi connectivity index (χ0n) is 12.5. The van der Waals surface area contributed by atoms with Gasteiger partial charge in [-0.15, -0.1) is 0 Å².